The van der Waals surface area contributed by atoms with Gasteiger partial charge in [-0.25, -0.2) is 0 Å². The maximum Gasteiger partial charge on any atom is 0.255 e. The van der Waals surface area contributed by atoms with Crippen molar-refractivity contribution >= 4 is 17.5 Å². The van der Waals surface area contributed by atoms with Gasteiger partial charge in [-0.2, -0.15) is 0 Å². The number of hydrogen-bond acceptors (Lipinski definition) is 2. The summed E-state index contributed by atoms with van der Waals surface area (Å²) in [7, 11) is 1.73. The lowest BCUT2D eigenvalue weighted by molar-refractivity contribution is 0.0748. The Labute approximate surface area is 94.8 Å². The molecule has 0 spiro atoms. The molecule has 1 aromatic carbocycles. The number of benzene rings is 1. The first-order valence-electron chi connectivity index (χ1n) is 4.79. The van der Waals surface area contributed by atoms with Gasteiger partial charge in [0.2, 0.25) is 0 Å². The Bertz CT molecular complexity index is 354. The first kappa shape index (κ1) is 12.0. The van der Waals surface area contributed by atoms with Gasteiger partial charge in [-0.05, 0) is 19.1 Å². The van der Waals surface area contributed by atoms with Crippen molar-refractivity contribution in [3.05, 3.63) is 34.9 Å². The Balaban J connectivity index is 2.90. The molecule has 0 saturated heterocycles. The molecule has 3 nitrogen and oxygen atoms in total. The molecule has 2 N–H and O–H groups in total. The standard InChI is InChI=1S/C11H15ClN2O/c1-8(7-13)14(2)11(15)9-5-3-4-6-10(9)12/h3-6,8H,7,13H2,1-2H3. The fraction of sp³-hybridized carbons (Fsp3) is 0.364. The van der Waals surface area contributed by atoms with E-state index in [-0.39, 0.29) is 11.9 Å². The number of rotatable bonds is 3. The van der Waals surface area contributed by atoms with Crippen LogP contribution >= 0.6 is 11.6 Å². The van der Waals surface area contributed by atoms with Crippen LogP contribution < -0.4 is 5.73 Å². The Morgan fingerprint density at radius 1 is 1.53 bits per heavy atom. The average Bonchev–Trinajstić information content (AvgIpc) is 2.26. The van der Waals surface area contributed by atoms with E-state index in [4.69, 9.17) is 17.3 Å². The number of nitrogens with zero attached hydrogens (tertiary/aromatic N) is 1. The summed E-state index contributed by atoms with van der Waals surface area (Å²) in [5.41, 5.74) is 6.02. The summed E-state index contributed by atoms with van der Waals surface area (Å²) in [6.45, 7) is 2.33. The van der Waals surface area contributed by atoms with Crippen molar-refractivity contribution in [2.24, 2.45) is 5.73 Å². The van der Waals surface area contributed by atoms with Crippen LogP contribution in [0.5, 0.6) is 0 Å². The maximum absolute atomic E-state index is 12.0. The summed E-state index contributed by atoms with van der Waals surface area (Å²) in [5, 5.41) is 0.471. The van der Waals surface area contributed by atoms with Crippen LogP contribution in [-0.4, -0.2) is 30.4 Å². The molecule has 0 radical (unpaired) electrons. The van der Waals surface area contributed by atoms with E-state index in [9.17, 15) is 4.79 Å². The van der Waals surface area contributed by atoms with Crippen molar-refractivity contribution in [1.82, 2.24) is 4.90 Å². The van der Waals surface area contributed by atoms with E-state index in [0.29, 0.717) is 17.1 Å². The highest BCUT2D eigenvalue weighted by Crippen LogP contribution is 2.17. The molecule has 15 heavy (non-hydrogen) atoms. The van der Waals surface area contributed by atoms with Crippen LogP contribution in [0.15, 0.2) is 24.3 Å². The number of nitrogens with two attached hydrogens (primary N) is 1. The molecular formula is C11H15ClN2O. The molecule has 1 unspecified atom stereocenters. The van der Waals surface area contributed by atoms with Crippen LogP contribution in [-0.2, 0) is 0 Å². The molecule has 0 aliphatic carbocycles. The molecule has 0 heterocycles. The number of carbonyl (C=O) groups is 1. The predicted octanol–water partition coefficient (Wildman–Crippen LogP) is 1.76. The second-order valence-electron chi connectivity index (χ2n) is 3.48. The number of hydrogen-bond donors (Lipinski definition) is 1. The monoisotopic (exact) mass is 226 g/mol. The smallest absolute Gasteiger partial charge is 0.255 e. The highest BCUT2D eigenvalue weighted by molar-refractivity contribution is 6.33. The highest BCUT2D eigenvalue weighted by Gasteiger charge is 2.18. The van der Waals surface area contributed by atoms with Gasteiger partial charge in [0.25, 0.3) is 5.91 Å². The van der Waals surface area contributed by atoms with Crippen molar-refractivity contribution in [2.75, 3.05) is 13.6 Å². The fourth-order valence-corrected chi connectivity index (χ4v) is 1.40. The first-order chi connectivity index (χ1) is 7.07. The number of halogens is 1. The van der Waals surface area contributed by atoms with E-state index in [1.165, 1.54) is 0 Å². The zero-order valence-electron chi connectivity index (χ0n) is 8.90. The normalized spacial score (nSPS) is 12.3. The lowest BCUT2D eigenvalue weighted by Gasteiger charge is -2.24. The van der Waals surface area contributed by atoms with E-state index in [1.807, 2.05) is 6.92 Å². The Morgan fingerprint density at radius 3 is 2.67 bits per heavy atom. The van der Waals surface area contributed by atoms with Gasteiger partial charge in [0.1, 0.15) is 0 Å². The summed E-state index contributed by atoms with van der Waals surface area (Å²) in [4.78, 5) is 13.6. The van der Waals surface area contributed by atoms with E-state index in [0.717, 1.165) is 0 Å². The molecule has 0 saturated carbocycles. The van der Waals surface area contributed by atoms with Gasteiger partial charge in [0.15, 0.2) is 0 Å². The highest BCUT2D eigenvalue weighted by atomic mass is 35.5. The molecule has 0 aliphatic rings. The third-order valence-electron chi connectivity index (χ3n) is 2.43. The molecule has 82 valence electrons. The van der Waals surface area contributed by atoms with Gasteiger partial charge >= 0.3 is 0 Å². The largest absolute Gasteiger partial charge is 0.338 e. The SMILES string of the molecule is CC(CN)N(C)C(=O)c1ccccc1Cl. The molecule has 1 rings (SSSR count). The predicted molar refractivity (Wildman–Crippen MR) is 62.1 cm³/mol. The molecule has 4 heteroatoms. The minimum Gasteiger partial charge on any atom is -0.338 e. The zero-order chi connectivity index (χ0) is 11.4. The van der Waals surface area contributed by atoms with Crippen LogP contribution in [0.1, 0.15) is 17.3 Å². The van der Waals surface area contributed by atoms with Crippen molar-refractivity contribution in [3.63, 3.8) is 0 Å². The fourth-order valence-electron chi connectivity index (χ4n) is 1.18. The maximum atomic E-state index is 12.0. The van der Waals surface area contributed by atoms with Crippen LogP contribution in [0.25, 0.3) is 0 Å². The second kappa shape index (κ2) is 5.14. The summed E-state index contributed by atoms with van der Waals surface area (Å²) < 4.78 is 0. The lowest BCUT2D eigenvalue weighted by Crippen LogP contribution is -2.39. The zero-order valence-corrected chi connectivity index (χ0v) is 9.66. The summed E-state index contributed by atoms with van der Waals surface area (Å²) in [6.07, 6.45) is 0. The molecule has 1 amide bonds. The Morgan fingerprint density at radius 2 is 2.13 bits per heavy atom. The Kier molecular flexibility index (Phi) is 4.12. The topological polar surface area (TPSA) is 46.3 Å². The first-order valence-corrected chi connectivity index (χ1v) is 5.17. The van der Waals surface area contributed by atoms with E-state index in [2.05, 4.69) is 0 Å². The third-order valence-corrected chi connectivity index (χ3v) is 2.76. The molecule has 1 atom stereocenters. The van der Waals surface area contributed by atoms with Crippen molar-refractivity contribution in [1.29, 1.82) is 0 Å². The lowest BCUT2D eigenvalue weighted by atomic mass is 10.2. The van der Waals surface area contributed by atoms with Gasteiger partial charge in [-0.3, -0.25) is 4.79 Å². The van der Waals surface area contributed by atoms with Gasteiger partial charge in [-0.1, -0.05) is 23.7 Å². The van der Waals surface area contributed by atoms with E-state index in [1.54, 1.807) is 36.2 Å². The minimum atomic E-state index is -0.0986. The van der Waals surface area contributed by atoms with Crippen molar-refractivity contribution in [2.45, 2.75) is 13.0 Å². The average molecular weight is 227 g/mol. The van der Waals surface area contributed by atoms with E-state index < -0.39 is 0 Å². The van der Waals surface area contributed by atoms with Crippen molar-refractivity contribution < 1.29 is 4.79 Å². The van der Waals surface area contributed by atoms with Crippen LogP contribution in [0.4, 0.5) is 0 Å². The number of carbonyl (C=O) groups excluding carboxylic acids is 1. The molecule has 0 fully saturated rings. The van der Waals surface area contributed by atoms with Gasteiger partial charge in [-0.15, -0.1) is 0 Å². The van der Waals surface area contributed by atoms with Crippen LogP contribution in [0.3, 0.4) is 0 Å². The second-order valence-corrected chi connectivity index (χ2v) is 3.89. The molecule has 1 aromatic rings. The van der Waals surface area contributed by atoms with Crippen molar-refractivity contribution in [3.8, 4) is 0 Å². The third kappa shape index (κ3) is 2.70. The minimum absolute atomic E-state index is 0.00812. The number of amides is 1. The molecule has 0 bridgehead atoms. The Hall–Kier alpha value is -1.06. The van der Waals surface area contributed by atoms with Gasteiger partial charge in [0, 0.05) is 19.6 Å². The van der Waals surface area contributed by atoms with Gasteiger partial charge in [0.05, 0.1) is 10.6 Å². The molecular weight excluding hydrogens is 212 g/mol. The van der Waals surface area contributed by atoms with Crippen LogP contribution in [0, 0.1) is 0 Å². The summed E-state index contributed by atoms with van der Waals surface area (Å²) in [6, 6.07) is 7.01. The van der Waals surface area contributed by atoms with Crippen LogP contribution in [0.2, 0.25) is 5.02 Å². The van der Waals surface area contributed by atoms with E-state index >= 15 is 0 Å². The quantitative estimate of drug-likeness (QED) is 0.854. The molecule has 0 aliphatic heterocycles. The number of likely N-dealkylation sites (N-methyl/N-ethyl adjacent to an activating group) is 1. The molecule has 0 aromatic heterocycles. The summed E-state index contributed by atoms with van der Waals surface area (Å²) in [5.74, 6) is -0.0986. The summed E-state index contributed by atoms with van der Waals surface area (Å²) >= 11 is 5.93. The van der Waals surface area contributed by atoms with Gasteiger partial charge < -0.3 is 10.6 Å².